The van der Waals surface area contributed by atoms with E-state index in [1.54, 1.807) is 34.7 Å². The molecule has 0 aromatic rings. The lowest BCUT2D eigenvalue weighted by molar-refractivity contribution is -0.164. The zero-order chi connectivity index (χ0) is 32.3. The standard InChI is InChI=1S/C24H21Cl6IN2O8S2/c1-11(34)39-7-13-8-43-21-24(17(31)19(37)41-10-23(28,29)30,32-15(35)6-12-4-2-3-5-14(12)42)20(38)33(21)16(13)18(36)40-9-22(25,26)27/h2-4,17,21H,5-10H2,1H3,(H,32,35)/t17?,21-,24-/m1/s1. The second-order valence-electron chi connectivity index (χ2n) is 9.19. The predicted molar refractivity (Wildman–Crippen MR) is 177 cm³/mol. The largest absolute Gasteiger partial charge is 0.461 e. The molecule has 0 spiro atoms. The number of β-lactam (4-membered cyclic amide) rings is 1. The molecule has 0 bridgehead atoms. The van der Waals surface area contributed by atoms with Gasteiger partial charge >= 0.3 is 17.9 Å². The van der Waals surface area contributed by atoms with Gasteiger partial charge in [0.15, 0.2) is 5.54 Å². The zero-order valence-corrected chi connectivity index (χ0v) is 30.1. The summed E-state index contributed by atoms with van der Waals surface area (Å²) in [4.78, 5) is 66.9. The van der Waals surface area contributed by atoms with Crippen molar-refractivity contribution in [2.75, 3.05) is 25.6 Å². The highest BCUT2D eigenvalue weighted by Crippen LogP contribution is 2.50. The molecule has 0 saturated carbocycles. The van der Waals surface area contributed by atoms with Gasteiger partial charge in [-0.1, -0.05) is 123 Å². The third-order valence-electron chi connectivity index (χ3n) is 5.97. The average molecular weight is 869 g/mol. The van der Waals surface area contributed by atoms with Crippen molar-refractivity contribution in [1.29, 1.82) is 0 Å². The Kier molecular flexibility index (Phi) is 12.8. The van der Waals surface area contributed by atoms with Gasteiger partial charge in [-0.2, -0.15) is 0 Å². The predicted octanol–water partition coefficient (Wildman–Crippen LogP) is 4.85. The first-order valence-electron chi connectivity index (χ1n) is 12.0. The van der Waals surface area contributed by atoms with Gasteiger partial charge in [0.1, 0.15) is 34.8 Å². The molecule has 0 aromatic carbocycles. The van der Waals surface area contributed by atoms with E-state index in [0.717, 1.165) is 16.7 Å². The molecule has 2 heterocycles. The van der Waals surface area contributed by atoms with Crippen molar-refractivity contribution < 1.29 is 38.2 Å². The summed E-state index contributed by atoms with van der Waals surface area (Å²) in [7, 11) is 0. The fourth-order valence-corrected chi connectivity index (χ4v) is 7.40. The number of hydrogen-bond donors (Lipinski definition) is 1. The molecule has 43 heavy (non-hydrogen) atoms. The number of esters is 3. The van der Waals surface area contributed by atoms with Gasteiger partial charge in [0.2, 0.25) is 13.5 Å². The van der Waals surface area contributed by atoms with Gasteiger partial charge in [-0.25, -0.2) is 4.79 Å². The van der Waals surface area contributed by atoms with Crippen molar-refractivity contribution >= 4 is 151 Å². The van der Waals surface area contributed by atoms with Gasteiger partial charge in [0.05, 0.1) is 6.42 Å². The van der Waals surface area contributed by atoms with Crippen LogP contribution in [0.4, 0.5) is 0 Å². The Bertz CT molecular complexity index is 1320. The smallest absolute Gasteiger partial charge is 0.355 e. The molecule has 1 N–H and O–H groups in total. The number of amides is 2. The molecule has 2 aliphatic heterocycles. The van der Waals surface area contributed by atoms with Crippen molar-refractivity contribution in [3.63, 3.8) is 0 Å². The number of nitrogens with one attached hydrogen (secondary N) is 1. The number of rotatable bonds is 10. The van der Waals surface area contributed by atoms with Crippen LogP contribution < -0.4 is 5.32 Å². The first-order chi connectivity index (χ1) is 19.9. The normalized spacial score (nSPS) is 22.7. The lowest BCUT2D eigenvalue weighted by Gasteiger charge is -2.58. The summed E-state index contributed by atoms with van der Waals surface area (Å²) < 4.78 is 10.1. The number of carbonyl (C=O) groups excluding carboxylic acids is 5. The van der Waals surface area contributed by atoms with Gasteiger partial charge in [-0.3, -0.25) is 24.1 Å². The topological polar surface area (TPSA) is 128 Å². The fourth-order valence-electron chi connectivity index (χ4n) is 4.16. The van der Waals surface area contributed by atoms with Gasteiger partial charge in [-0.05, 0) is 5.57 Å². The highest BCUT2D eigenvalue weighted by Gasteiger charge is 2.70. The minimum absolute atomic E-state index is 0.0319. The Labute approximate surface area is 299 Å². The molecule has 0 radical (unpaired) electrons. The Hall–Kier alpha value is -0.520. The van der Waals surface area contributed by atoms with E-state index in [1.807, 2.05) is 6.08 Å². The van der Waals surface area contributed by atoms with Crippen molar-refractivity contribution in [2.45, 2.75) is 42.2 Å². The minimum atomic E-state index is -1.96. The number of nitrogens with zero attached hydrogens (tertiary/aromatic N) is 1. The lowest BCUT2D eigenvalue weighted by Crippen LogP contribution is -2.84. The number of thioether (sulfide) groups is 1. The van der Waals surface area contributed by atoms with E-state index in [9.17, 15) is 24.0 Å². The maximum atomic E-state index is 14.1. The van der Waals surface area contributed by atoms with Gasteiger partial charge in [0.25, 0.3) is 5.91 Å². The average Bonchev–Trinajstić information content (AvgIpc) is 2.91. The zero-order valence-electron chi connectivity index (χ0n) is 21.8. The summed E-state index contributed by atoms with van der Waals surface area (Å²) >= 11 is 42.5. The van der Waals surface area contributed by atoms with E-state index >= 15 is 0 Å². The summed E-state index contributed by atoms with van der Waals surface area (Å²) in [5, 5.41) is 1.67. The summed E-state index contributed by atoms with van der Waals surface area (Å²) in [5.41, 5.74) is -1.43. The second kappa shape index (κ2) is 14.9. The van der Waals surface area contributed by atoms with Crippen LogP contribution in [0.25, 0.3) is 0 Å². The SMILES string of the molecule is CC(=O)OCC1=C(C(=O)OCC(Cl)(Cl)Cl)N2C(=O)[C@](NC(=O)CC3=CC=CCC3=S)(C(I)C(=O)OCC(Cl)(Cl)Cl)[C@H]2SC1. The van der Waals surface area contributed by atoms with Crippen LogP contribution in [0.5, 0.6) is 0 Å². The molecule has 19 heteroatoms. The molecule has 3 rings (SSSR count). The first-order valence-corrected chi connectivity index (χ1v) is 17.0. The number of hydrogen-bond acceptors (Lipinski definition) is 10. The molecule has 1 saturated heterocycles. The molecular formula is C24H21Cl6IN2O8S2. The third kappa shape index (κ3) is 9.28. The highest BCUT2D eigenvalue weighted by molar-refractivity contribution is 14.1. The number of ether oxygens (including phenoxy) is 3. The molecular weight excluding hydrogens is 848 g/mol. The number of fused-ring (bicyclic) bond motifs is 1. The van der Waals surface area contributed by atoms with Crippen molar-refractivity contribution in [2.24, 2.45) is 0 Å². The third-order valence-corrected chi connectivity index (χ3v) is 9.96. The monoisotopic (exact) mass is 866 g/mol. The molecule has 2 amide bonds. The van der Waals surface area contributed by atoms with Gasteiger partial charge < -0.3 is 19.5 Å². The van der Waals surface area contributed by atoms with E-state index in [2.05, 4.69) is 5.32 Å². The summed E-state index contributed by atoms with van der Waals surface area (Å²) in [6.07, 6.45) is 5.55. The number of halogens is 7. The number of carbonyl (C=O) groups is 5. The summed E-state index contributed by atoms with van der Waals surface area (Å²) in [6.45, 7) is -0.481. The Balaban J connectivity index is 2.00. The molecule has 1 unspecified atom stereocenters. The van der Waals surface area contributed by atoms with E-state index < -0.39 is 65.4 Å². The maximum Gasteiger partial charge on any atom is 0.355 e. The maximum absolute atomic E-state index is 14.1. The van der Waals surface area contributed by atoms with E-state index in [4.69, 9.17) is 96.0 Å². The van der Waals surface area contributed by atoms with Crippen LogP contribution >= 0.6 is 116 Å². The van der Waals surface area contributed by atoms with E-state index in [1.165, 1.54) is 6.92 Å². The number of thiocarbonyl (C=S) groups is 1. The minimum Gasteiger partial charge on any atom is -0.461 e. The van der Waals surface area contributed by atoms with E-state index in [-0.39, 0.29) is 30.1 Å². The Morgan fingerprint density at radius 3 is 2.35 bits per heavy atom. The molecule has 0 aromatic heterocycles. The molecule has 1 fully saturated rings. The number of alkyl halides is 7. The van der Waals surface area contributed by atoms with Crippen LogP contribution in [0.2, 0.25) is 0 Å². The van der Waals surface area contributed by atoms with Crippen LogP contribution in [0.3, 0.4) is 0 Å². The summed E-state index contributed by atoms with van der Waals surface area (Å²) in [5.74, 6) is -4.11. The van der Waals surface area contributed by atoms with Crippen LogP contribution in [-0.4, -0.2) is 87.5 Å². The van der Waals surface area contributed by atoms with Gasteiger partial charge in [0, 0.05) is 29.5 Å². The fraction of sp³-hybridized carbons (Fsp3) is 0.500. The van der Waals surface area contributed by atoms with Crippen LogP contribution in [0, 0.1) is 0 Å². The van der Waals surface area contributed by atoms with Crippen molar-refractivity contribution in [3.8, 4) is 0 Å². The Morgan fingerprint density at radius 1 is 1.14 bits per heavy atom. The second-order valence-corrected chi connectivity index (χ2v) is 17.0. The van der Waals surface area contributed by atoms with Crippen LogP contribution in [0.15, 0.2) is 35.1 Å². The van der Waals surface area contributed by atoms with Crippen molar-refractivity contribution in [3.05, 3.63) is 35.1 Å². The van der Waals surface area contributed by atoms with E-state index in [0.29, 0.717) is 16.9 Å². The first kappa shape index (κ1) is 36.9. The highest BCUT2D eigenvalue weighted by atomic mass is 127. The Morgan fingerprint density at radius 2 is 1.77 bits per heavy atom. The molecule has 3 atom stereocenters. The quantitative estimate of drug-likeness (QED) is 0.0814. The summed E-state index contributed by atoms with van der Waals surface area (Å²) in [6, 6.07) is 0. The lowest BCUT2D eigenvalue weighted by atomic mass is 9.82. The number of allylic oxidation sites excluding steroid dienone is 3. The molecule has 3 aliphatic rings. The molecule has 10 nitrogen and oxygen atoms in total. The van der Waals surface area contributed by atoms with Crippen LogP contribution in [-0.2, 0) is 38.2 Å². The van der Waals surface area contributed by atoms with Gasteiger partial charge in [-0.15, -0.1) is 11.8 Å². The van der Waals surface area contributed by atoms with Crippen molar-refractivity contribution in [1.82, 2.24) is 10.2 Å². The van der Waals surface area contributed by atoms with Crippen LogP contribution in [0.1, 0.15) is 19.8 Å². The molecule has 236 valence electrons. The molecule has 1 aliphatic carbocycles.